The summed E-state index contributed by atoms with van der Waals surface area (Å²) >= 11 is 0. The van der Waals surface area contributed by atoms with E-state index >= 15 is 0 Å². The summed E-state index contributed by atoms with van der Waals surface area (Å²) in [5.74, 6) is 0.712. The molecule has 0 aliphatic heterocycles. The van der Waals surface area contributed by atoms with Gasteiger partial charge < -0.3 is 5.73 Å². The van der Waals surface area contributed by atoms with Gasteiger partial charge in [0.25, 0.3) is 0 Å². The molecule has 0 atom stereocenters. The molecule has 1 radical (unpaired) electrons. The minimum atomic E-state index is 0.669. The van der Waals surface area contributed by atoms with Gasteiger partial charge in [0.1, 0.15) is 5.82 Å². The lowest BCUT2D eigenvalue weighted by atomic mass is 10.4. The molecule has 0 aliphatic rings. The maximum atomic E-state index is 5.38. The van der Waals surface area contributed by atoms with Gasteiger partial charge in [0, 0.05) is 7.05 Å². The second-order valence-electron chi connectivity index (χ2n) is 1.67. The summed E-state index contributed by atoms with van der Waals surface area (Å²) < 4.78 is 0. The first kappa shape index (κ1) is 5.88. The van der Waals surface area contributed by atoms with Gasteiger partial charge in [0.15, 0.2) is 0 Å². The SMILES string of the molecule is C[N]c1ccc(N)cn1. The van der Waals surface area contributed by atoms with Gasteiger partial charge in [-0.2, -0.15) is 0 Å². The highest BCUT2D eigenvalue weighted by Gasteiger charge is 1.87. The van der Waals surface area contributed by atoms with Crippen LogP contribution in [0, 0.1) is 0 Å². The number of aromatic nitrogens is 1. The minimum absolute atomic E-state index is 0.669. The maximum Gasteiger partial charge on any atom is 0.147 e. The molecule has 0 unspecified atom stereocenters. The lowest BCUT2D eigenvalue weighted by Gasteiger charge is -1.93. The molecule has 47 valence electrons. The highest BCUT2D eigenvalue weighted by Crippen LogP contribution is 2.03. The number of hydrogen-bond donors (Lipinski definition) is 1. The van der Waals surface area contributed by atoms with Gasteiger partial charge in [-0.3, -0.25) is 5.32 Å². The smallest absolute Gasteiger partial charge is 0.147 e. The molecule has 0 amide bonds. The Morgan fingerprint density at radius 3 is 2.78 bits per heavy atom. The second kappa shape index (κ2) is 2.35. The molecule has 0 aromatic carbocycles. The maximum absolute atomic E-state index is 5.38. The largest absolute Gasteiger partial charge is 0.397 e. The molecular formula is C6H8N3. The van der Waals surface area contributed by atoms with E-state index in [2.05, 4.69) is 10.3 Å². The Morgan fingerprint density at radius 2 is 2.33 bits per heavy atom. The van der Waals surface area contributed by atoms with Crippen LogP contribution in [-0.4, -0.2) is 12.0 Å². The quantitative estimate of drug-likeness (QED) is 0.590. The summed E-state index contributed by atoms with van der Waals surface area (Å²) in [5.41, 5.74) is 6.05. The molecule has 0 saturated carbocycles. The van der Waals surface area contributed by atoms with Crippen LogP contribution in [0.5, 0.6) is 0 Å². The van der Waals surface area contributed by atoms with E-state index in [0.717, 1.165) is 0 Å². The summed E-state index contributed by atoms with van der Waals surface area (Å²) in [5, 5.41) is 3.84. The average molecular weight is 122 g/mol. The average Bonchev–Trinajstić information content (AvgIpc) is 1.90. The Labute approximate surface area is 53.9 Å². The monoisotopic (exact) mass is 122 g/mol. The molecule has 0 spiro atoms. The summed E-state index contributed by atoms with van der Waals surface area (Å²) in [6.07, 6.45) is 1.59. The Balaban J connectivity index is 2.88. The van der Waals surface area contributed by atoms with Crippen molar-refractivity contribution >= 4 is 11.5 Å². The zero-order chi connectivity index (χ0) is 6.69. The van der Waals surface area contributed by atoms with Crippen LogP contribution in [0.1, 0.15) is 0 Å². The first-order valence-corrected chi connectivity index (χ1v) is 2.64. The van der Waals surface area contributed by atoms with E-state index in [1.807, 2.05) is 0 Å². The van der Waals surface area contributed by atoms with Gasteiger partial charge in [-0.25, -0.2) is 4.98 Å². The normalized spacial score (nSPS) is 9.00. The number of rotatable bonds is 1. The summed E-state index contributed by atoms with van der Waals surface area (Å²) in [6.45, 7) is 0. The molecule has 1 aromatic heterocycles. The van der Waals surface area contributed by atoms with E-state index in [1.54, 1.807) is 25.4 Å². The van der Waals surface area contributed by atoms with E-state index in [4.69, 9.17) is 5.73 Å². The summed E-state index contributed by atoms with van der Waals surface area (Å²) in [7, 11) is 1.69. The van der Waals surface area contributed by atoms with Crippen LogP contribution >= 0.6 is 0 Å². The number of nitrogens with two attached hydrogens (primary N) is 1. The fourth-order valence-electron chi connectivity index (χ4n) is 0.530. The molecule has 3 heteroatoms. The molecular weight excluding hydrogens is 114 g/mol. The third-order valence-electron chi connectivity index (χ3n) is 1.000. The fourth-order valence-corrected chi connectivity index (χ4v) is 0.530. The van der Waals surface area contributed by atoms with E-state index < -0.39 is 0 Å². The molecule has 9 heavy (non-hydrogen) atoms. The second-order valence-corrected chi connectivity index (χ2v) is 1.67. The number of anilines is 1. The third kappa shape index (κ3) is 1.32. The van der Waals surface area contributed by atoms with Gasteiger partial charge >= 0.3 is 0 Å². The zero-order valence-electron chi connectivity index (χ0n) is 5.20. The van der Waals surface area contributed by atoms with Crippen molar-refractivity contribution < 1.29 is 0 Å². The van der Waals surface area contributed by atoms with E-state index in [0.29, 0.717) is 11.5 Å². The predicted octanol–water partition coefficient (Wildman–Crippen LogP) is 0.529. The molecule has 0 bridgehead atoms. The molecule has 1 heterocycles. The molecule has 3 nitrogen and oxygen atoms in total. The Kier molecular flexibility index (Phi) is 1.53. The molecule has 1 aromatic rings. The Bertz CT molecular complexity index is 180. The Morgan fingerprint density at radius 1 is 1.56 bits per heavy atom. The van der Waals surface area contributed by atoms with Gasteiger partial charge in [-0.05, 0) is 12.1 Å². The first-order chi connectivity index (χ1) is 4.33. The van der Waals surface area contributed by atoms with Crippen molar-refractivity contribution in [3.8, 4) is 0 Å². The van der Waals surface area contributed by atoms with Gasteiger partial charge in [0.05, 0.1) is 11.9 Å². The van der Waals surface area contributed by atoms with Gasteiger partial charge in [0.2, 0.25) is 0 Å². The van der Waals surface area contributed by atoms with Crippen LogP contribution in [0.15, 0.2) is 18.3 Å². The van der Waals surface area contributed by atoms with Gasteiger partial charge in [-0.15, -0.1) is 0 Å². The van der Waals surface area contributed by atoms with E-state index in [1.165, 1.54) is 0 Å². The summed E-state index contributed by atoms with van der Waals surface area (Å²) in [6, 6.07) is 3.55. The molecule has 1 rings (SSSR count). The number of nitrogen functional groups attached to an aromatic ring is 1. The van der Waals surface area contributed by atoms with Crippen molar-refractivity contribution in [2.24, 2.45) is 0 Å². The standard InChI is InChI=1S/C6H8N3/c1-8-6-3-2-5(7)4-9-6/h2-4H,7H2,1H3. The topological polar surface area (TPSA) is 53.0 Å². The van der Waals surface area contributed by atoms with Crippen molar-refractivity contribution in [1.29, 1.82) is 0 Å². The third-order valence-corrected chi connectivity index (χ3v) is 1.000. The van der Waals surface area contributed by atoms with Crippen LogP contribution < -0.4 is 11.1 Å². The highest BCUT2D eigenvalue weighted by molar-refractivity contribution is 5.39. The van der Waals surface area contributed by atoms with Crippen LogP contribution in [-0.2, 0) is 0 Å². The Hall–Kier alpha value is -1.25. The molecule has 0 fully saturated rings. The lowest BCUT2D eigenvalue weighted by molar-refractivity contribution is 1.03. The van der Waals surface area contributed by atoms with Crippen molar-refractivity contribution in [3.63, 3.8) is 0 Å². The van der Waals surface area contributed by atoms with Crippen molar-refractivity contribution in [1.82, 2.24) is 10.3 Å². The van der Waals surface area contributed by atoms with E-state index in [9.17, 15) is 0 Å². The molecule has 2 N–H and O–H groups in total. The fraction of sp³-hybridized carbons (Fsp3) is 0.167. The van der Waals surface area contributed by atoms with E-state index in [-0.39, 0.29) is 0 Å². The zero-order valence-corrected chi connectivity index (χ0v) is 5.20. The van der Waals surface area contributed by atoms with Crippen LogP contribution in [0.4, 0.5) is 11.5 Å². The van der Waals surface area contributed by atoms with Crippen molar-refractivity contribution in [3.05, 3.63) is 18.3 Å². The van der Waals surface area contributed by atoms with Crippen LogP contribution in [0.2, 0.25) is 0 Å². The van der Waals surface area contributed by atoms with Crippen LogP contribution in [0.3, 0.4) is 0 Å². The number of hydrogen-bond acceptors (Lipinski definition) is 2. The lowest BCUT2D eigenvalue weighted by Crippen LogP contribution is -1.91. The number of nitrogens with zero attached hydrogens (tertiary/aromatic N) is 2. The predicted molar refractivity (Wildman–Crippen MR) is 36.4 cm³/mol. The molecule has 0 aliphatic carbocycles. The van der Waals surface area contributed by atoms with Crippen molar-refractivity contribution in [2.75, 3.05) is 12.8 Å². The molecule has 0 saturated heterocycles. The first-order valence-electron chi connectivity index (χ1n) is 2.64. The highest BCUT2D eigenvalue weighted by atomic mass is 14.9. The van der Waals surface area contributed by atoms with Crippen molar-refractivity contribution in [2.45, 2.75) is 0 Å². The summed E-state index contributed by atoms with van der Waals surface area (Å²) in [4.78, 5) is 3.91. The minimum Gasteiger partial charge on any atom is -0.397 e. The van der Waals surface area contributed by atoms with Crippen LogP contribution in [0.25, 0.3) is 0 Å². The van der Waals surface area contributed by atoms with Gasteiger partial charge in [-0.1, -0.05) is 0 Å². The number of pyridine rings is 1.